The first-order valence-corrected chi connectivity index (χ1v) is 10.2. The molecule has 2 aromatic heterocycles. The third-order valence-corrected chi connectivity index (χ3v) is 5.64. The van der Waals surface area contributed by atoms with E-state index in [1.807, 2.05) is 35.8 Å². The second-order valence-corrected chi connectivity index (χ2v) is 8.07. The number of fused-ring (bicyclic) bond motifs is 1. The number of furan rings is 1. The van der Waals surface area contributed by atoms with Gasteiger partial charge in [-0.1, -0.05) is 28.1 Å². The minimum absolute atomic E-state index is 0.0460. The molecule has 1 fully saturated rings. The Labute approximate surface area is 167 Å². The fourth-order valence-electron chi connectivity index (χ4n) is 3.72. The van der Waals surface area contributed by atoms with Crippen molar-refractivity contribution in [2.75, 3.05) is 26.2 Å². The molecule has 1 N–H and O–H groups in total. The monoisotopic (exact) mass is 429 g/mol. The Kier molecular flexibility index (Phi) is 5.36. The van der Waals surface area contributed by atoms with Gasteiger partial charge in [0.1, 0.15) is 11.5 Å². The van der Waals surface area contributed by atoms with Crippen LogP contribution in [0.25, 0.3) is 11.1 Å². The number of hydrogen-bond acceptors (Lipinski definition) is 3. The van der Waals surface area contributed by atoms with Crippen LogP contribution in [-0.4, -0.2) is 41.6 Å². The number of aryl methyl sites for hydroxylation is 1. The quantitative estimate of drug-likeness (QED) is 0.639. The fraction of sp³-hybridized carbons (Fsp3) is 0.381. The van der Waals surface area contributed by atoms with Crippen LogP contribution >= 0.6 is 15.9 Å². The number of nitrogens with one attached hydrogen (secondary N) is 1. The van der Waals surface area contributed by atoms with Crippen molar-refractivity contribution in [1.82, 2.24) is 14.8 Å². The lowest BCUT2D eigenvalue weighted by atomic mass is 10.2. The van der Waals surface area contributed by atoms with Gasteiger partial charge in [0.15, 0.2) is 5.58 Å². The summed E-state index contributed by atoms with van der Waals surface area (Å²) in [7, 11) is 0. The van der Waals surface area contributed by atoms with Crippen LogP contribution in [0.15, 0.2) is 45.3 Å². The summed E-state index contributed by atoms with van der Waals surface area (Å²) in [6.45, 7) is 6.42. The van der Waals surface area contributed by atoms with Crippen molar-refractivity contribution in [2.24, 2.45) is 0 Å². The van der Waals surface area contributed by atoms with Gasteiger partial charge in [-0.3, -0.25) is 4.79 Å². The van der Waals surface area contributed by atoms with Crippen molar-refractivity contribution >= 4 is 32.9 Å². The highest BCUT2D eigenvalue weighted by molar-refractivity contribution is 9.10. The number of likely N-dealkylation sites (tertiary alicyclic amines) is 1. The first-order chi connectivity index (χ1) is 13.1. The summed E-state index contributed by atoms with van der Waals surface area (Å²) in [5, 5.41) is 3.08. The maximum absolute atomic E-state index is 12.8. The molecular formula is C21H24BrN3O2. The van der Waals surface area contributed by atoms with Crippen LogP contribution in [-0.2, 0) is 6.54 Å². The normalized spacial score (nSPS) is 14.9. The van der Waals surface area contributed by atoms with Gasteiger partial charge in [0.25, 0.3) is 5.91 Å². The summed E-state index contributed by atoms with van der Waals surface area (Å²) < 4.78 is 8.85. The summed E-state index contributed by atoms with van der Waals surface area (Å²) in [4.78, 5) is 15.2. The van der Waals surface area contributed by atoms with Gasteiger partial charge < -0.3 is 19.2 Å². The Balaban J connectivity index is 1.54. The zero-order chi connectivity index (χ0) is 18.8. The number of halogens is 1. The molecular weight excluding hydrogens is 406 g/mol. The first-order valence-electron chi connectivity index (χ1n) is 9.45. The van der Waals surface area contributed by atoms with Crippen LogP contribution in [0.1, 0.15) is 34.7 Å². The van der Waals surface area contributed by atoms with E-state index in [9.17, 15) is 4.79 Å². The van der Waals surface area contributed by atoms with Crippen LogP contribution in [0.3, 0.4) is 0 Å². The Morgan fingerprint density at radius 1 is 1.19 bits per heavy atom. The SMILES string of the molecule is Cc1cc2c(cc(C(=O)NCCN3CCCC3)n2Cc2ccc(Br)cc2)o1. The Morgan fingerprint density at radius 3 is 2.67 bits per heavy atom. The molecule has 3 heterocycles. The van der Waals surface area contributed by atoms with Crippen molar-refractivity contribution in [3.8, 4) is 0 Å². The maximum atomic E-state index is 12.8. The third-order valence-electron chi connectivity index (χ3n) is 5.11. The molecule has 1 aliphatic heterocycles. The average Bonchev–Trinajstić information content (AvgIpc) is 3.35. The van der Waals surface area contributed by atoms with Gasteiger partial charge in [-0.15, -0.1) is 0 Å². The molecule has 142 valence electrons. The van der Waals surface area contributed by atoms with Gasteiger partial charge in [0, 0.05) is 36.2 Å². The van der Waals surface area contributed by atoms with Gasteiger partial charge in [-0.05, 0) is 50.6 Å². The van der Waals surface area contributed by atoms with Crippen molar-refractivity contribution in [2.45, 2.75) is 26.3 Å². The molecule has 0 radical (unpaired) electrons. The molecule has 1 saturated heterocycles. The van der Waals surface area contributed by atoms with Gasteiger partial charge in [-0.2, -0.15) is 0 Å². The third kappa shape index (κ3) is 4.12. The Morgan fingerprint density at radius 2 is 1.93 bits per heavy atom. The molecule has 1 aromatic carbocycles. The molecule has 0 atom stereocenters. The van der Waals surface area contributed by atoms with E-state index in [1.165, 1.54) is 12.8 Å². The van der Waals surface area contributed by atoms with E-state index in [2.05, 4.69) is 38.3 Å². The molecule has 6 heteroatoms. The highest BCUT2D eigenvalue weighted by atomic mass is 79.9. The van der Waals surface area contributed by atoms with Gasteiger partial charge in [-0.25, -0.2) is 0 Å². The van der Waals surface area contributed by atoms with Crippen molar-refractivity contribution in [1.29, 1.82) is 0 Å². The zero-order valence-electron chi connectivity index (χ0n) is 15.5. The number of aromatic nitrogens is 1. The summed E-state index contributed by atoms with van der Waals surface area (Å²) in [6, 6.07) is 12.0. The van der Waals surface area contributed by atoms with Crippen LogP contribution in [0, 0.1) is 6.92 Å². The van der Waals surface area contributed by atoms with Crippen LogP contribution in [0.5, 0.6) is 0 Å². The number of carbonyl (C=O) groups excluding carboxylic acids is 1. The van der Waals surface area contributed by atoms with Crippen LogP contribution < -0.4 is 5.32 Å². The number of hydrogen-bond donors (Lipinski definition) is 1. The largest absolute Gasteiger partial charge is 0.460 e. The lowest BCUT2D eigenvalue weighted by Gasteiger charge is -2.15. The highest BCUT2D eigenvalue weighted by Crippen LogP contribution is 2.25. The summed E-state index contributed by atoms with van der Waals surface area (Å²) >= 11 is 3.47. The van der Waals surface area contributed by atoms with E-state index in [1.54, 1.807) is 0 Å². The second-order valence-electron chi connectivity index (χ2n) is 7.15. The minimum atomic E-state index is -0.0460. The number of carbonyl (C=O) groups is 1. The Bertz CT molecular complexity index is 936. The number of rotatable bonds is 6. The molecule has 0 bridgehead atoms. The van der Waals surface area contributed by atoms with E-state index in [0.29, 0.717) is 18.8 Å². The predicted molar refractivity (Wildman–Crippen MR) is 110 cm³/mol. The molecule has 5 nitrogen and oxygen atoms in total. The minimum Gasteiger partial charge on any atom is -0.460 e. The molecule has 4 rings (SSSR count). The van der Waals surface area contributed by atoms with Crippen LogP contribution in [0.4, 0.5) is 0 Å². The van der Waals surface area contributed by atoms with Gasteiger partial charge >= 0.3 is 0 Å². The maximum Gasteiger partial charge on any atom is 0.268 e. The van der Waals surface area contributed by atoms with Gasteiger partial charge in [0.05, 0.1) is 5.52 Å². The molecule has 27 heavy (non-hydrogen) atoms. The smallest absolute Gasteiger partial charge is 0.268 e. The molecule has 0 unspecified atom stereocenters. The summed E-state index contributed by atoms with van der Waals surface area (Å²) in [5.74, 6) is 0.806. The molecule has 0 saturated carbocycles. The highest BCUT2D eigenvalue weighted by Gasteiger charge is 2.19. The average molecular weight is 430 g/mol. The van der Waals surface area contributed by atoms with Crippen molar-refractivity contribution in [3.05, 3.63) is 57.9 Å². The fourth-order valence-corrected chi connectivity index (χ4v) is 3.98. The van der Waals surface area contributed by atoms with E-state index >= 15 is 0 Å². The lowest BCUT2D eigenvalue weighted by Crippen LogP contribution is -2.34. The number of nitrogens with zero attached hydrogens (tertiary/aromatic N) is 2. The standard InChI is InChI=1S/C21H24BrN3O2/c1-15-12-18-20(27-15)13-19(21(26)23-8-11-24-9-2-3-10-24)25(18)14-16-4-6-17(22)7-5-16/h4-7,12-13H,2-3,8-11,14H2,1H3,(H,23,26). The first kappa shape index (κ1) is 18.3. The summed E-state index contributed by atoms with van der Waals surface area (Å²) in [6.07, 6.45) is 2.53. The molecule has 3 aromatic rings. The van der Waals surface area contributed by atoms with Gasteiger partial charge in [0.2, 0.25) is 0 Å². The Hall–Kier alpha value is -2.05. The molecule has 0 aliphatic carbocycles. The van der Waals surface area contributed by atoms with E-state index in [0.717, 1.165) is 46.5 Å². The predicted octanol–water partition coefficient (Wildman–Crippen LogP) is 4.18. The lowest BCUT2D eigenvalue weighted by molar-refractivity contribution is 0.0941. The second kappa shape index (κ2) is 7.90. The van der Waals surface area contributed by atoms with E-state index in [-0.39, 0.29) is 5.91 Å². The molecule has 1 amide bonds. The summed E-state index contributed by atoms with van der Waals surface area (Å²) in [5.41, 5.74) is 3.50. The van der Waals surface area contributed by atoms with Crippen molar-refractivity contribution in [3.63, 3.8) is 0 Å². The van der Waals surface area contributed by atoms with Crippen molar-refractivity contribution < 1.29 is 9.21 Å². The van der Waals surface area contributed by atoms with Crippen LogP contribution in [0.2, 0.25) is 0 Å². The molecule has 1 aliphatic rings. The van der Waals surface area contributed by atoms with E-state index in [4.69, 9.17) is 4.42 Å². The molecule has 0 spiro atoms. The number of amides is 1. The number of benzene rings is 1. The zero-order valence-corrected chi connectivity index (χ0v) is 17.1. The van der Waals surface area contributed by atoms with E-state index < -0.39 is 0 Å². The topological polar surface area (TPSA) is 50.4 Å².